The predicted octanol–water partition coefficient (Wildman–Crippen LogP) is 6.03. The van der Waals surface area contributed by atoms with E-state index >= 15 is 0 Å². The van der Waals surface area contributed by atoms with Gasteiger partial charge in [-0.25, -0.2) is 0 Å². The van der Waals surface area contributed by atoms with Crippen molar-refractivity contribution in [3.8, 4) is 5.75 Å². The van der Waals surface area contributed by atoms with Crippen molar-refractivity contribution in [3.63, 3.8) is 0 Å². The van der Waals surface area contributed by atoms with Crippen LogP contribution in [0.15, 0.2) is 83.8 Å². The van der Waals surface area contributed by atoms with Crippen molar-refractivity contribution >= 4 is 16.9 Å². The van der Waals surface area contributed by atoms with Crippen LogP contribution in [-0.2, 0) is 11.2 Å². The molecule has 0 aliphatic carbocycles. The molecule has 2 atom stereocenters. The van der Waals surface area contributed by atoms with Gasteiger partial charge in [-0.05, 0) is 53.3 Å². The third-order valence-electron chi connectivity index (χ3n) is 4.97. The first-order chi connectivity index (χ1) is 14.5. The second-order valence-corrected chi connectivity index (χ2v) is 8.85. The van der Waals surface area contributed by atoms with Crippen LogP contribution in [0.1, 0.15) is 42.6 Å². The average molecular weight is 421 g/mol. The average Bonchev–Trinajstić information content (AvgIpc) is 2.75. The summed E-state index contributed by atoms with van der Waals surface area (Å²) in [5.74, 6) is 0.606. The number of methoxy groups -OCH3 is 1. The van der Waals surface area contributed by atoms with Crippen molar-refractivity contribution in [2.24, 2.45) is 5.92 Å². The fourth-order valence-electron chi connectivity index (χ4n) is 3.44. The van der Waals surface area contributed by atoms with E-state index in [-0.39, 0.29) is 5.12 Å². The van der Waals surface area contributed by atoms with E-state index in [4.69, 9.17) is 4.74 Å². The molecular formula is C26H28O3S. The normalized spacial score (nSPS) is 13.1. The summed E-state index contributed by atoms with van der Waals surface area (Å²) in [6.45, 7) is 4.37. The van der Waals surface area contributed by atoms with Crippen molar-refractivity contribution in [2.45, 2.75) is 37.2 Å². The molecule has 0 saturated heterocycles. The Bertz CT molecular complexity index is 934. The summed E-state index contributed by atoms with van der Waals surface area (Å²) < 4.78 is 5.21. The molecule has 0 saturated carbocycles. The molecule has 0 spiro atoms. The zero-order valence-corrected chi connectivity index (χ0v) is 18.4. The summed E-state index contributed by atoms with van der Waals surface area (Å²) in [6.07, 6.45) is 0.0363. The third kappa shape index (κ3) is 5.74. The van der Waals surface area contributed by atoms with Crippen molar-refractivity contribution in [1.29, 1.82) is 0 Å². The number of carbonyl (C=O) groups excluding carboxylic acids is 1. The minimum absolute atomic E-state index is 0.0823. The Morgan fingerprint density at radius 1 is 0.900 bits per heavy atom. The Balaban J connectivity index is 1.91. The minimum atomic E-state index is -0.949. The standard InChI is InChI=1S/C26H28O3S/c1-18(2)17-19-9-11-20(12-10-19)24(26(28)30-23-7-5-4-6-8-23)25(27)21-13-15-22(29-3)16-14-21/h4-16,18,24-25,27H,17H2,1-3H3/t24-,25+/m0/s1. The van der Waals surface area contributed by atoms with Gasteiger partial charge in [-0.1, -0.05) is 80.2 Å². The van der Waals surface area contributed by atoms with Gasteiger partial charge in [-0.3, -0.25) is 4.79 Å². The second-order valence-electron chi connectivity index (χ2n) is 7.77. The molecule has 3 nitrogen and oxygen atoms in total. The van der Waals surface area contributed by atoms with Crippen LogP contribution in [0.25, 0.3) is 0 Å². The predicted molar refractivity (Wildman–Crippen MR) is 123 cm³/mol. The number of thioether (sulfide) groups is 1. The number of ether oxygens (including phenoxy) is 1. The van der Waals surface area contributed by atoms with Crippen LogP contribution in [0, 0.1) is 5.92 Å². The van der Waals surface area contributed by atoms with Crippen LogP contribution < -0.4 is 4.74 Å². The molecule has 0 aliphatic heterocycles. The first-order valence-electron chi connectivity index (χ1n) is 10.2. The highest BCUT2D eigenvalue weighted by Gasteiger charge is 2.30. The molecular weight excluding hydrogens is 392 g/mol. The number of rotatable bonds is 8. The van der Waals surface area contributed by atoms with E-state index in [9.17, 15) is 9.90 Å². The molecule has 3 rings (SSSR count). The highest BCUT2D eigenvalue weighted by Crippen LogP contribution is 2.37. The van der Waals surface area contributed by atoms with E-state index in [0.717, 1.165) is 16.9 Å². The van der Waals surface area contributed by atoms with Crippen molar-refractivity contribution in [1.82, 2.24) is 0 Å². The van der Waals surface area contributed by atoms with Crippen LogP contribution in [0.2, 0.25) is 0 Å². The van der Waals surface area contributed by atoms with Gasteiger partial charge in [0.1, 0.15) is 5.75 Å². The molecule has 30 heavy (non-hydrogen) atoms. The van der Waals surface area contributed by atoms with Gasteiger partial charge in [-0.15, -0.1) is 0 Å². The highest BCUT2D eigenvalue weighted by atomic mass is 32.2. The Hall–Kier alpha value is -2.56. The summed E-state index contributed by atoms with van der Waals surface area (Å²) in [5.41, 5.74) is 2.74. The topological polar surface area (TPSA) is 46.5 Å². The molecule has 0 radical (unpaired) electrons. The van der Waals surface area contributed by atoms with Gasteiger partial charge in [0.25, 0.3) is 0 Å². The molecule has 0 bridgehead atoms. The van der Waals surface area contributed by atoms with Crippen molar-refractivity contribution < 1.29 is 14.6 Å². The lowest BCUT2D eigenvalue weighted by atomic mass is 9.89. The number of aliphatic hydroxyl groups is 1. The smallest absolute Gasteiger partial charge is 0.204 e. The molecule has 156 valence electrons. The van der Waals surface area contributed by atoms with E-state index in [1.54, 1.807) is 19.2 Å². The van der Waals surface area contributed by atoms with Gasteiger partial charge in [0.2, 0.25) is 5.12 Å². The second kappa shape index (κ2) is 10.5. The fraction of sp³-hybridized carbons (Fsp3) is 0.269. The van der Waals surface area contributed by atoms with Crippen LogP contribution in [0.4, 0.5) is 0 Å². The molecule has 0 fully saturated rings. The van der Waals surface area contributed by atoms with Crippen molar-refractivity contribution in [3.05, 3.63) is 95.6 Å². The number of aliphatic hydroxyl groups excluding tert-OH is 1. The van der Waals surface area contributed by atoms with Gasteiger partial charge < -0.3 is 9.84 Å². The van der Waals surface area contributed by atoms with Crippen LogP contribution in [0.5, 0.6) is 5.75 Å². The van der Waals surface area contributed by atoms with Crippen LogP contribution in [-0.4, -0.2) is 17.3 Å². The first-order valence-corrected chi connectivity index (χ1v) is 11.0. The van der Waals surface area contributed by atoms with Gasteiger partial charge in [-0.2, -0.15) is 0 Å². The summed E-state index contributed by atoms with van der Waals surface area (Å²) in [7, 11) is 1.60. The Labute approximate surface area is 183 Å². The van der Waals surface area contributed by atoms with Gasteiger partial charge in [0, 0.05) is 4.90 Å². The SMILES string of the molecule is COc1ccc([C@@H](O)[C@@H](C(=O)Sc2ccccc2)c2ccc(CC(C)C)cc2)cc1. The Morgan fingerprint density at radius 3 is 2.07 bits per heavy atom. The summed E-state index contributed by atoms with van der Waals surface area (Å²) >= 11 is 1.17. The lowest BCUT2D eigenvalue weighted by Gasteiger charge is -2.23. The highest BCUT2D eigenvalue weighted by molar-refractivity contribution is 8.13. The van der Waals surface area contributed by atoms with Crippen LogP contribution >= 0.6 is 11.8 Å². The summed E-state index contributed by atoms with van der Waals surface area (Å²) in [5, 5.41) is 11.1. The maximum Gasteiger partial charge on any atom is 0.204 e. The maximum absolute atomic E-state index is 13.3. The number of benzene rings is 3. The van der Waals surface area contributed by atoms with E-state index in [1.807, 2.05) is 54.6 Å². The van der Waals surface area contributed by atoms with E-state index in [1.165, 1.54) is 17.3 Å². The molecule has 3 aromatic rings. The van der Waals surface area contributed by atoms with Crippen LogP contribution in [0.3, 0.4) is 0 Å². The number of carbonyl (C=O) groups is 1. The molecule has 4 heteroatoms. The lowest BCUT2D eigenvalue weighted by molar-refractivity contribution is -0.114. The molecule has 0 aromatic heterocycles. The Kier molecular flexibility index (Phi) is 7.72. The molecule has 0 amide bonds. The minimum Gasteiger partial charge on any atom is -0.497 e. The Morgan fingerprint density at radius 2 is 1.50 bits per heavy atom. The van der Waals surface area contributed by atoms with Crippen molar-refractivity contribution in [2.75, 3.05) is 7.11 Å². The monoisotopic (exact) mass is 420 g/mol. The summed E-state index contributed by atoms with van der Waals surface area (Å²) in [4.78, 5) is 14.2. The van der Waals surface area contributed by atoms with E-state index in [0.29, 0.717) is 17.2 Å². The quantitative estimate of drug-likeness (QED) is 0.452. The number of hydrogen-bond donors (Lipinski definition) is 1. The maximum atomic E-state index is 13.3. The number of hydrogen-bond acceptors (Lipinski definition) is 4. The summed E-state index contributed by atoms with van der Waals surface area (Å²) in [6, 6.07) is 24.8. The third-order valence-corrected chi connectivity index (χ3v) is 5.93. The van der Waals surface area contributed by atoms with Gasteiger partial charge in [0.15, 0.2) is 0 Å². The van der Waals surface area contributed by atoms with Gasteiger partial charge in [0.05, 0.1) is 19.1 Å². The zero-order chi connectivity index (χ0) is 21.5. The lowest BCUT2D eigenvalue weighted by Crippen LogP contribution is -2.18. The zero-order valence-electron chi connectivity index (χ0n) is 17.6. The molecule has 0 heterocycles. The fourth-order valence-corrected chi connectivity index (χ4v) is 4.36. The molecule has 0 aliphatic rings. The molecule has 0 unspecified atom stereocenters. The van der Waals surface area contributed by atoms with E-state index in [2.05, 4.69) is 26.0 Å². The first kappa shape index (κ1) is 22.1. The largest absolute Gasteiger partial charge is 0.497 e. The van der Waals surface area contributed by atoms with Gasteiger partial charge >= 0.3 is 0 Å². The molecule has 3 aromatic carbocycles. The van der Waals surface area contributed by atoms with E-state index < -0.39 is 12.0 Å². The molecule has 1 N–H and O–H groups in total.